The van der Waals surface area contributed by atoms with Gasteiger partial charge in [0.1, 0.15) is 11.6 Å². The second-order valence-corrected chi connectivity index (χ2v) is 7.02. The minimum atomic E-state index is -4.44. The van der Waals surface area contributed by atoms with Gasteiger partial charge in [0, 0.05) is 0 Å². The Balaban J connectivity index is 3.45. The fraction of sp³-hybridized carbons (Fsp3) is 0.611. The van der Waals surface area contributed by atoms with E-state index in [9.17, 15) is 22.4 Å². The largest absolute Gasteiger partial charge is 0.314 e. The van der Waals surface area contributed by atoms with E-state index in [1.165, 1.54) is 19.1 Å². The lowest BCUT2D eigenvalue weighted by molar-refractivity contribution is -0.224. The molecule has 0 N–H and O–H groups in total. The summed E-state index contributed by atoms with van der Waals surface area (Å²) in [6, 6.07) is 4.05. The summed E-state index contributed by atoms with van der Waals surface area (Å²) >= 11 is 0. The van der Waals surface area contributed by atoms with Crippen LogP contribution in [-0.2, 0) is 4.79 Å². The highest BCUT2D eigenvalue weighted by Crippen LogP contribution is 2.50. The highest BCUT2D eigenvalue weighted by atomic mass is 19.3. The van der Waals surface area contributed by atoms with Gasteiger partial charge in [-0.3, -0.25) is 4.79 Å². The zero-order valence-corrected chi connectivity index (χ0v) is 14.7. The van der Waals surface area contributed by atoms with E-state index in [1.807, 2.05) is 0 Å². The lowest BCUT2D eigenvalue weighted by Gasteiger charge is -2.42. The van der Waals surface area contributed by atoms with Crippen molar-refractivity contribution < 1.29 is 26.7 Å². The molecule has 1 rings (SSSR count). The van der Waals surface area contributed by atoms with Crippen LogP contribution in [0.5, 0.6) is 0 Å². The summed E-state index contributed by atoms with van der Waals surface area (Å²) in [5.41, 5.74) is -6.14. The molecule has 0 saturated carbocycles. The summed E-state index contributed by atoms with van der Waals surface area (Å²) < 4.78 is 71.9. The first-order valence-electron chi connectivity index (χ1n) is 7.66. The minimum Gasteiger partial charge on any atom is -0.300 e. The van der Waals surface area contributed by atoms with Crippen LogP contribution < -0.4 is 0 Å². The molecular weight excluding hydrogens is 327 g/mol. The molecule has 1 nitrogen and oxygen atoms in total. The van der Waals surface area contributed by atoms with E-state index in [4.69, 9.17) is 0 Å². The van der Waals surface area contributed by atoms with Crippen molar-refractivity contribution in [3.63, 3.8) is 0 Å². The summed E-state index contributed by atoms with van der Waals surface area (Å²) in [5.74, 6) is -9.14. The quantitative estimate of drug-likeness (QED) is 0.614. The maximum Gasteiger partial charge on any atom is 0.314 e. The molecule has 0 spiro atoms. The summed E-state index contributed by atoms with van der Waals surface area (Å²) in [5, 5.41) is 0. The van der Waals surface area contributed by atoms with Crippen LogP contribution in [0.4, 0.5) is 22.0 Å². The minimum absolute atomic E-state index is 0.0582. The second-order valence-electron chi connectivity index (χ2n) is 7.02. The van der Waals surface area contributed by atoms with Crippen LogP contribution in [0.15, 0.2) is 18.2 Å². The van der Waals surface area contributed by atoms with Gasteiger partial charge in [0.2, 0.25) is 0 Å². The number of aryl methyl sites for hydroxylation is 1. The fourth-order valence-electron chi connectivity index (χ4n) is 3.16. The molecule has 0 amide bonds. The monoisotopic (exact) mass is 350 g/mol. The molecule has 136 valence electrons. The fourth-order valence-corrected chi connectivity index (χ4v) is 3.16. The van der Waals surface area contributed by atoms with Crippen LogP contribution in [0, 0.1) is 18.7 Å². The molecule has 0 radical (unpaired) electrons. The summed E-state index contributed by atoms with van der Waals surface area (Å²) in [4.78, 5) is 11.9. The van der Waals surface area contributed by atoms with Crippen LogP contribution in [0.1, 0.15) is 51.7 Å². The Labute approximate surface area is 139 Å². The van der Waals surface area contributed by atoms with Gasteiger partial charge in [-0.25, -0.2) is 13.2 Å². The highest BCUT2D eigenvalue weighted by molar-refractivity contribution is 5.81. The average Bonchev–Trinajstić information content (AvgIpc) is 2.35. The predicted octanol–water partition coefficient (Wildman–Crippen LogP) is 5.55. The van der Waals surface area contributed by atoms with Crippen LogP contribution in [-0.4, -0.2) is 23.0 Å². The van der Waals surface area contributed by atoms with Crippen LogP contribution in [0.3, 0.4) is 0 Å². The molecule has 1 aromatic carbocycles. The summed E-state index contributed by atoms with van der Waals surface area (Å²) in [6.45, 7) is 5.49. The van der Waals surface area contributed by atoms with Crippen molar-refractivity contribution in [1.29, 1.82) is 0 Å². The van der Waals surface area contributed by atoms with Crippen molar-refractivity contribution in [3.05, 3.63) is 35.1 Å². The normalized spacial score (nSPS) is 18.0. The maximum absolute atomic E-state index is 15.1. The molecule has 24 heavy (non-hydrogen) atoms. The molecule has 1 aromatic rings. The Bertz CT molecular complexity index is 616. The first kappa shape index (κ1) is 20.6. The molecule has 3 unspecified atom stereocenters. The molecule has 6 heteroatoms. The van der Waals surface area contributed by atoms with Crippen molar-refractivity contribution in [3.8, 4) is 0 Å². The first-order chi connectivity index (χ1) is 10.6. The molecule has 0 aliphatic heterocycles. The standard InChI is InChI=1S/C18H23F5O/c1-10-7-8-13(14(19)9-10)11(2)15(12(3)24)17(6,21)18(22,23)16(4,5)20/h7-9,11,15H,1-6H3. The Morgan fingerprint density at radius 2 is 1.58 bits per heavy atom. The van der Waals surface area contributed by atoms with Crippen molar-refractivity contribution in [2.24, 2.45) is 5.92 Å². The summed E-state index contributed by atoms with van der Waals surface area (Å²) in [7, 11) is 0. The molecule has 0 fully saturated rings. The number of ketones is 1. The zero-order chi connectivity index (χ0) is 19.1. The van der Waals surface area contributed by atoms with E-state index in [2.05, 4.69) is 0 Å². The Morgan fingerprint density at radius 3 is 1.96 bits per heavy atom. The Morgan fingerprint density at radius 1 is 1.08 bits per heavy atom. The number of hydrogen-bond acceptors (Lipinski definition) is 1. The topological polar surface area (TPSA) is 17.1 Å². The number of rotatable bonds is 6. The number of hydrogen-bond donors (Lipinski definition) is 0. The third kappa shape index (κ3) is 3.47. The van der Waals surface area contributed by atoms with Gasteiger partial charge in [0.05, 0.1) is 5.92 Å². The number of benzene rings is 1. The smallest absolute Gasteiger partial charge is 0.300 e. The maximum atomic E-state index is 15.1. The Kier molecular flexibility index (Phi) is 5.53. The lowest BCUT2D eigenvalue weighted by Crippen LogP contribution is -2.59. The number of carbonyl (C=O) groups excluding carboxylic acids is 1. The average molecular weight is 350 g/mol. The highest BCUT2D eigenvalue weighted by Gasteiger charge is 2.66. The molecular formula is C18H23F5O. The van der Waals surface area contributed by atoms with Gasteiger partial charge in [-0.15, -0.1) is 0 Å². The molecule has 0 aliphatic carbocycles. The van der Waals surface area contributed by atoms with Gasteiger partial charge in [-0.2, -0.15) is 8.78 Å². The van der Waals surface area contributed by atoms with Crippen molar-refractivity contribution >= 4 is 5.78 Å². The molecule has 0 saturated heterocycles. The zero-order valence-electron chi connectivity index (χ0n) is 14.7. The van der Waals surface area contributed by atoms with Crippen LogP contribution in [0.25, 0.3) is 0 Å². The number of Topliss-reactive ketones (excluding diaryl/α,β-unsaturated/α-hetero) is 1. The molecule has 3 atom stereocenters. The number of halogens is 5. The van der Waals surface area contributed by atoms with Gasteiger partial charge >= 0.3 is 5.92 Å². The van der Waals surface area contributed by atoms with Gasteiger partial charge < -0.3 is 0 Å². The summed E-state index contributed by atoms with van der Waals surface area (Å²) in [6.07, 6.45) is 0. The van der Waals surface area contributed by atoms with E-state index < -0.39 is 40.7 Å². The van der Waals surface area contributed by atoms with E-state index in [-0.39, 0.29) is 5.56 Å². The molecule has 0 aromatic heterocycles. The van der Waals surface area contributed by atoms with E-state index in [0.29, 0.717) is 26.3 Å². The van der Waals surface area contributed by atoms with Crippen molar-refractivity contribution in [2.45, 2.75) is 64.7 Å². The first-order valence-corrected chi connectivity index (χ1v) is 7.66. The third-order valence-electron chi connectivity index (χ3n) is 4.53. The number of alkyl halides is 4. The van der Waals surface area contributed by atoms with Crippen LogP contribution >= 0.6 is 0 Å². The van der Waals surface area contributed by atoms with E-state index >= 15 is 4.39 Å². The van der Waals surface area contributed by atoms with Crippen molar-refractivity contribution in [1.82, 2.24) is 0 Å². The van der Waals surface area contributed by atoms with Crippen LogP contribution in [0.2, 0.25) is 0 Å². The van der Waals surface area contributed by atoms with Gasteiger partial charge in [-0.1, -0.05) is 19.1 Å². The van der Waals surface area contributed by atoms with Gasteiger partial charge in [0.25, 0.3) is 0 Å². The lowest BCUT2D eigenvalue weighted by atomic mass is 9.70. The second kappa shape index (κ2) is 6.45. The third-order valence-corrected chi connectivity index (χ3v) is 4.53. The molecule has 0 aliphatic rings. The molecule has 0 heterocycles. The molecule has 0 bridgehead atoms. The van der Waals surface area contributed by atoms with Crippen molar-refractivity contribution in [2.75, 3.05) is 0 Å². The number of carbonyl (C=O) groups is 1. The van der Waals surface area contributed by atoms with Gasteiger partial charge in [-0.05, 0) is 57.7 Å². The van der Waals surface area contributed by atoms with Gasteiger partial charge in [0.15, 0.2) is 11.3 Å². The Hall–Kier alpha value is -1.46. The van der Waals surface area contributed by atoms with E-state index in [1.54, 1.807) is 13.0 Å². The van der Waals surface area contributed by atoms with E-state index in [0.717, 1.165) is 6.92 Å². The SMILES string of the molecule is CC(=O)C(C(C)c1ccc(C)cc1F)C(C)(F)C(F)(F)C(C)(C)F. The predicted molar refractivity (Wildman–Crippen MR) is 83.4 cm³/mol.